The third-order valence-corrected chi connectivity index (χ3v) is 2.70. The lowest BCUT2D eigenvalue weighted by atomic mass is 9.99. The third kappa shape index (κ3) is 1.72. The molecule has 1 aromatic rings. The number of hydrogen-bond acceptors (Lipinski definition) is 5. The van der Waals surface area contributed by atoms with E-state index in [4.69, 9.17) is 9.84 Å². The van der Waals surface area contributed by atoms with Crippen LogP contribution in [0.2, 0.25) is 0 Å². The minimum Gasteiger partial charge on any atom is -0.469 e. The molecule has 1 aliphatic heterocycles. The Labute approximate surface area is 86.9 Å². The summed E-state index contributed by atoms with van der Waals surface area (Å²) in [6, 6.07) is 0. The van der Waals surface area contributed by atoms with E-state index in [0.717, 1.165) is 12.2 Å². The van der Waals surface area contributed by atoms with Gasteiger partial charge in [-0.15, -0.1) is 10.2 Å². The molecule has 0 amide bonds. The third-order valence-electron chi connectivity index (χ3n) is 2.70. The summed E-state index contributed by atoms with van der Waals surface area (Å²) in [5.74, 6) is 0.986. The summed E-state index contributed by atoms with van der Waals surface area (Å²) in [5.41, 5.74) is 0. The Kier molecular flexibility index (Phi) is 2.68. The van der Waals surface area contributed by atoms with Crippen molar-refractivity contribution in [3.63, 3.8) is 0 Å². The molecule has 0 spiro atoms. The van der Waals surface area contributed by atoms with Crippen molar-refractivity contribution in [2.75, 3.05) is 7.11 Å². The number of esters is 1. The van der Waals surface area contributed by atoms with Crippen LogP contribution in [-0.4, -0.2) is 33.0 Å². The summed E-state index contributed by atoms with van der Waals surface area (Å²) in [4.78, 5) is 11.4. The Balaban J connectivity index is 2.20. The van der Waals surface area contributed by atoms with E-state index in [0.29, 0.717) is 18.8 Å². The summed E-state index contributed by atoms with van der Waals surface area (Å²) < 4.78 is 6.50. The average molecular weight is 211 g/mol. The molecule has 1 unspecified atom stereocenters. The summed E-state index contributed by atoms with van der Waals surface area (Å²) in [5, 5.41) is 16.8. The predicted molar refractivity (Wildman–Crippen MR) is 49.8 cm³/mol. The summed E-state index contributed by atoms with van der Waals surface area (Å²) in [6.07, 6.45) is 1.43. The largest absolute Gasteiger partial charge is 0.469 e. The van der Waals surface area contributed by atoms with Crippen molar-refractivity contribution in [1.29, 1.82) is 0 Å². The summed E-state index contributed by atoms with van der Waals surface area (Å²) in [7, 11) is 1.39. The number of nitrogens with zero attached hydrogens (tertiary/aromatic N) is 3. The van der Waals surface area contributed by atoms with Gasteiger partial charge in [-0.05, 0) is 6.42 Å². The molecule has 0 saturated heterocycles. The maximum Gasteiger partial charge on any atom is 0.310 e. The second-order valence-electron chi connectivity index (χ2n) is 3.56. The van der Waals surface area contributed by atoms with Crippen LogP contribution in [0.25, 0.3) is 0 Å². The van der Waals surface area contributed by atoms with Crippen LogP contribution >= 0.6 is 0 Å². The molecule has 6 nitrogen and oxygen atoms in total. The Hall–Kier alpha value is -1.43. The highest BCUT2D eigenvalue weighted by molar-refractivity contribution is 5.72. The molecule has 6 heteroatoms. The van der Waals surface area contributed by atoms with Crippen LogP contribution < -0.4 is 0 Å². The van der Waals surface area contributed by atoms with E-state index < -0.39 is 0 Å². The lowest BCUT2D eigenvalue weighted by Crippen LogP contribution is -2.28. The monoisotopic (exact) mass is 211 g/mol. The van der Waals surface area contributed by atoms with E-state index in [2.05, 4.69) is 10.2 Å². The van der Waals surface area contributed by atoms with Gasteiger partial charge in [0.25, 0.3) is 0 Å². The molecule has 0 radical (unpaired) electrons. The van der Waals surface area contributed by atoms with E-state index in [1.165, 1.54) is 7.11 Å². The van der Waals surface area contributed by atoms with Gasteiger partial charge in [0.05, 0.1) is 13.0 Å². The van der Waals surface area contributed by atoms with Gasteiger partial charge in [-0.1, -0.05) is 0 Å². The van der Waals surface area contributed by atoms with Crippen molar-refractivity contribution in [2.45, 2.75) is 26.0 Å². The van der Waals surface area contributed by atoms with Gasteiger partial charge in [0, 0.05) is 13.0 Å². The molecule has 0 aliphatic carbocycles. The fourth-order valence-corrected chi connectivity index (χ4v) is 1.86. The molecule has 1 atom stereocenters. The molecule has 1 aliphatic rings. The number of rotatable bonds is 2. The first kappa shape index (κ1) is 10.1. The second kappa shape index (κ2) is 3.98. The van der Waals surface area contributed by atoms with Gasteiger partial charge in [0.15, 0.2) is 5.82 Å². The smallest absolute Gasteiger partial charge is 0.310 e. The Morgan fingerprint density at radius 2 is 2.47 bits per heavy atom. The van der Waals surface area contributed by atoms with Crippen LogP contribution in [0.3, 0.4) is 0 Å². The number of fused-ring (bicyclic) bond motifs is 1. The highest BCUT2D eigenvalue weighted by Crippen LogP contribution is 2.20. The molecular weight excluding hydrogens is 198 g/mol. The van der Waals surface area contributed by atoms with Crippen LogP contribution in [0, 0.1) is 5.92 Å². The Morgan fingerprint density at radius 1 is 1.67 bits per heavy atom. The SMILES string of the molecule is COC(=O)C1CCc2nnc(CO)n2C1. The van der Waals surface area contributed by atoms with Gasteiger partial charge < -0.3 is 14.4 Å². The number of methoxy groups -OCH3 is 1. The van der Waals surface area contributed by atoms with Crippen LogP contribution in [-0.2, 0) is 29.1 Å². The topological polar surface area (TPSA) is 77.2 Å². The standard InChI is InChI=1S/C9H13N3O3/c1-15-9(14)6-2-3-7-10-11-8(5-13)12(7)4-6/h6,13H,2-5H2,1H3. The number of carbonyl (C=O) groups excluding carboxylic acids is 1. The predicted octanol–water partition coefficient (Wildman–Crippen LogP) is -0.494. The van der Waals surface area contributed by atoms with Crippen LogP contribution in [0.4, 0.5) is 0 Å². The number of aliphatic hydroxyl groups is 1. The normalized spacial score (nSPS) is 19.7. The molecule has 15 heavy (non-hydrogen) atoms. The number of aliphatic hydroxyl groups excluding tert-OH is 1. The molecule has 82 valence electrons. The van der Waals surface area contributed by atoms with Gasteiger partial charge in [0.1, 0.15) is 12.4 Å². The molecule has 0 fully saturated rings. The van der Waals surface area contributed by atoms with E-state index in [-0.39, 0.29) is 18.5 Å². The van der Waals surface area contributed by atoms with E-state index >= 15 is 0 Å². The summed E-state index contributed by atoms with van der Waals surface area (Å²) >= 11 is 0. The Bertz CT molecular complexity index is 361. The first-order chi connectivity index (χ1) is 7.26. The first-order valence-electron chi connectivity index (χ1n) is 4.86. The molecule has 0 aromatic carbocycles. The molecule has 0 bridgehead atoms. The van der Waals surface area contributed by atoms with Crippen LogP contribution in [0.1, 0.15) is 18.1 Å². The van der Waals surface area contributed by atoms with Gasteiger partial charge in [0.2, 0.25) is 0 Å². The van der Waals surface area contributed by atoms with Gasteiger partial charge in [-0.25, -0.2) is 0 Å². The highest BCUT2D eigenvalue weighted by atomic mass is 16.5. The zero-order valence-corrected chi connectivity index (χ0v) is 8.51. The number of hydrogen-bond donors (Lipinski definition) is 1. The van der Waals surface area contributed by atoms with Crippen LogP contribution in [0.5, 0.6) is 0 Å². The van der Waals surface area contributed by atoms with Gasteiger partial charge in [-0.2, -0.15) is 0 Å². The number of aryl methyl sites for hydroxylation is 1. The molecule has 1 aromatic heterocycles. The van der Waals surface area contributed by atoms with Crippen molar-refractivity contribution >= 4 is 5.97 Å². The minimum absolute atomic E-state index is 0.149. The van der Waals surface area contributed by atoms with E-state index in [1.807, 2.05) is 0 Å². The first-order valence-corrected chi connectivity index (χ1v) is 4.86. The number of aromatic nitrogens is 3. The number of carbonyl (C=O) groups is 1. The molecule has 2 heterocycles. The fraction of sp³-hybridized carbons (Fsp3) is 0.667. The number of ether oxygens (including phenoxy) is 1. The lowest BCUT2D eigenvalue weighted by molar-refractivity contribution is -0.146. The highest BCUT2D eigenvalue weighted by Gasteiger charge is 2.27. The molecular formula is C9H13N3O3. The van der Waals surface area contributed by atoms with E-state index in [9.17, 15) is 4.79 Å². The van der Waals surface area contributed by atoms with Crippen molar-refractivity contribution in [2.24, 2.45) is 5.92 Å². The van der Waals surface area contributed by atoms with Gasteiger partial charge in [-0.3, -0.25) is 4.79 Å². The summed E-state index contributed by atoms with van der Waals surface area (Å²) in [6.45, 7) is 0.353. The molecule has 1 N–H and O–H groups in total. The fourth-order valence-electron chi connectivity index (χ4n) is 1.86. The minimum atomic E-state index is -0.210. The van der Waals surface area contributed by atoms with Crippen molar-refractivity contribution in [3.8, 4) is 0 Å². The molecule has 0 saturated carbocycles. The second-order valence-corrected chi connectivity index (χ2v) is 3.56. The maximum absolute atomic E-state index is 11.4. The Morgan fingerprint density at radius 3 is 3.13 bits per heavy atom. The zero-order valence-electron chi connectivity index (χ0n) is 8.51. The average Bonchev–Trinajstić information content (AvgIpc) is 2.69. The van der Waals surface area contributed by atoms with Gasteiger partial charge >= 0.3 is 5.97 Å². The van der Waals surface area contributed by atoms with E-state index in [1.54, 1.807) is 4.57 Å². The van der Waals surface area contributed by atoms with Crippen LogP contribution in [0.15, 0.2) is 0 Å². The quantitative estimate of drug-likeness (QED) is 0.668. The van der Waals surface area contributed by atoms with Crippen molar-refractivity contribution in [1.82, 2.24) is 14.8 Å². The maximum atomic E-state index is 11.4. The van der Waals surface area contributed by atoms with Crippen molar-refractivity contribution in [3.05, 3.63) is 11.6 Å². The zero-order chi connectivity index (χ0) is 10.8. The molecule has 2 rings (SSSR count). The van der Waals surface area contributed by atoms with Crippen molar-refractivity contribution < 1.29 is 14.6 Å². The lowest BCUT2D eigenvalue weighted by Gasteiger charge is -2.21.